The molecular formula is C19H21N3O. The van der Waals surface area contributed by atoms with Crippen LogP contribution in [0.4, 0.5) is 11.4 Å². The number of nitrogens with zero attached hydrogens (tertiary/aromatic N) is 2. The molecule has 2 N–H and O–H groups in total. The lowest BCUT2D eigenvalue weighted by Gasteiger charge is -2.35. The van der Waals surface area contributed by atoms with Crippen LogP contribution >= 0.6 is 0 Å². The minimum atomic E-state index is 0.0748. The number of anilines is 2. The SMILES string of the molecule is Nc1ccc(N2CCN(C(=O)C=Cc3ccccc3)CC2)cc1. The van der Waals surface area contributed by atoms with Crippen LogP contribution in [0.2, 0.25) is 0 Å². The number of piperazine rings is 1. The molecule has 1 amide bonds. The Morgan fingerprint density at radius 3 is 2.22 bits per heavy atom. The molecule has 4 heteroatoms. The quantitative estimate of drug-likeness (QED) is 0.700. The Kier molecular flexibility index (Phi) is 4.62. The zero-order chi connectivity index (χ0) is 16.1. The van der Waals surface area contributed by atoms with Crippen molar-refractivity contribution in [3.05, 3.63) is 66.2 Å². The van der Waals surface area contributed by atoms with Gasteiger partial charge in [0.15, 0.2) is 0 Å². The minimum absolute atomic E-state index is 0.0748. The van der Waals surface area contributed by atoms with Crippen LogP contribution in [-0.2, 0) is 4.79 Å². The van der Waals surface area contributed by atoms with Crippen LogP contribution < -0.4 is 10.6 Å². The average Bonchev–Trinajstić information content (AvgIpc) is 2.61. The first-order valence-electron chi connectivity index (χ1n) is 7.85. The number of hydrogen-bond acceptors (Lipinski definition) is 3. The predicted molar refractivity (Wildman–Crippen MR) is 95.1 cm³/mol. The van der Waals surface area contributed by atoms with Crippen LogP contribution in [0.25, 0.3) is 6.08 Å². The van der Waals surface area contributed by atoms with Gasteiger partial charge in [0, 0.05) is 43.6 Å². The van der Waals surface area contributed by atoms with Crippen LogP contribution in [0.1, 0.15) is 5.56 Å². The number of carbonyl (C=O) groups excluding carboxylic acids is 1. The first-order valence-corrected chi connectivity index (χ1v) is 7.85. The monoisotopic (exact) mass is 307 g/mol. The van der Waals surface area contributed by atoms with Crippen molar-refractivity contribution in [3.63, 3.8) is 0 Å². The molecule has 0 aromatic heterocycles. The molecule has 118 valence electrons. The molecule has 0 saturated carbocycles. The summed E-state index contributed by atoms with van der Waals surface area (Å²) in [5.41, 5.74) is 8.69. The van der Waals surface area contributed by atoms with Crippen molar-refractivity contribution in [1.29, 1.82) is 0 Å². The standard InChI is InChI=1S/C19H21N3O/c20-17-7-9-18(10-8-17)21-12-14-22(15-13-21)19(23)11-6-16-4-2-1-3-5-16/h1-11H,12-15,20H2. The van der Waals surface area contributed by atoms with Crippen molar-refractivity contribution >= 4 is 23.4 Å². The van der Waals surface area contributed by atoms with E-state index in [4.69, 9.17) is 5.73 Å². The first kappa shape index (κ1) is 15.2. The number of hydrogen-bond donors (Lipinski definition) is 1. The first-order chi connectivity index (χ1) is 11.2. The molecule has 1 saturated heterocycles. The van der Waals surface area contributed by atoms with E-state index in [2.05, 4.69) is 4.90 Å². The van der Waals surface area contributed by atoms with Crippen molar-refractivity contribution in [2.75, 3.05) is 36.8 Å². The highest BCUT2D eigenvalue weighted by atomic mass is 16.2. The van der Waals surface area contributed by atoms with Crippen LogP contribution in [0.3, 0.4) is 0 Å². The summed E-state index contributed by atoms with van der Waals surface area (Å²) >= 11 is 0. The number of benzene rings is 2. The highest BCUT2D eigenvalue weighted by molar-refractivity contribution is 5.92. The molecule has 0 radical (unpaired) electrons. The fraction of sp³-hybridized carbons (Fsp3) is 0.211. The lowest BCUT2D eigenvalue weighted by atomic mass is 10.2. The topological polar surface area (TPSA) is 49.6 Å². The van der Waals surface area contributed by atoms with E-state index < -0.39 is 0 Å². The minimum Gasteiger partial charge on any atom is -0.399 e. The molecule has 2 aromatic carbocycles. The molecule has 1 fully saturated rings. The van der Waals surface area contributed by atoms with Crippen molar-refractivity contribution in [2.24, 2.45) is 0 Å². The van der Waals surface area contributed by atoms with E-state index in [9.17, 15) is 4.79 Å². The highest BCUT2D eigenvalue weighted by Crippen LogP contribution is 2.18. The number of amides is 1. The van der Waals surface area contributed by atoms with Crippen LogP contribution in [0.15, 0.2) is 60.7 Å². The molecule has 0 aliphatic carbocycles. The van der Waals surface area contributed by atoms with Gasteiger partial charge >= 0.3 is 0 Å². The summed E-state index contributed by atoms with van der Waals surface area (Å²) in [4.78, 5) is 16.4. The fourth-order valence-electron chi connectivity index (χ4n) is 2.71. The van der Waals surface area contributed by atoms with Crippen LogP contribution in [0, 0.1) is 0 Å². The van der Waals surface area contributed by atoms with Gasteiger partial charge in [-0.15, -0.1) is 0 Å². The second-order valence-corrected chi connectivity index (χ2v) is 5.65. The summed E-state index contributed by atoms with van der Waals surface area (Å²) < 4.78 is 0. The Bertz CT molecular complexity index is 672. The van der Waals surface area contributed by atoms with Gasteiger partial charge < -0.3 is 15.5 Å². The molecular weight excluding hydrogens is 286 g/mol. The Morgan fingerprint density at radius 2 is 1.57 bits per heavy atom. The van der Waals surface area contributed by atoms with E-state index in [1.165, 1.54) is 0 Å². The summed E-state index contributed by atoms with van der Waals surface area (Å²) in [5.74, 6) is 0.0748. The van der Waals surface area contributed by atoms with E-state index in [0.717, 1.165) is 43.1 Å². The van der Waals surface area contributed by atoms with Gasteiger partial charge in [0.25, 0.3) is 0 Å². The number of nitrogens with two attached hydrogens (primary N) is 1. The second kappa shape index (κ2) is 7.01. The number of carbonyl (C=O) groups is 1. The van der Waals surface area contributed by atoms with E-state index in [0.29, 0.717) is 0 Å². The van der Waals surface area contributed by atoms with E-state index in [-0.39, 0.29) is 5.91 Å². The molecule has 1 heterocycles. The third-order valence-corrected chi connectivity index (χ3v) is 4.07. The maximum absolute atomic E-state index is 12.3. The molecule has 1 aliphatic rings. The van der Waals surface area contributed by atoms with Gasteiger partial charge in [-0.25, -0.2) is 0 Å². The summed E-state index contributed by atoms with van der Waals surface area (Å²) in [7, 11) is 0. The second-order valence-electron chi connectivity index (χ2n) is 5.65. The summed E-state index contributed by atoms with van der Waals surface area (Å²) in [6.07, 6.45) is 3.53. The van der Waals surface area contributed by atoms with Gasteiger partial charge in [0.05, 0.1) is 0 Å². The largest absolute Gasteiger partial charge is 0.399 e. The van der Waals surface area contributed by atoms with Crippen molar-refractivity contribution in [3.8, 4) is 0 Å². The van der Waals surface area contributed by atoms with Crippen molar-refractivity contribution in [1.82, 2.24) is 4.90 Å². The summed E-state index contributed by atoms with van der Waals surface area (Å²) in [5, 5.41) is 0. The van der Waals surface area contributed by atoms with Gasteiger partial charge in [-0.05, 0) is 35.9 Å². The Balaban J connectivity index is 1.55. The molecule has 4 nitrogen and oxygen atoms in total. The molecule has 2 aromatic rings. The van der Waals surface area contributed by atoms with Crippen LogP contribution in [-0.4, -0.2) is 37.0 Å². The smallest absolute Gasteiger partial charge is 0.246 e. The molecule has 0 bridgehead atoms. The van der Waals surface area contributed by atoms with Gasteiger partial charge in [-0.2, -0.15) is 0 Å². The van der Waals surface area contributed by atoms with Gasteiger partial charge in [-0.3, -0.25) is 4.79 Å². The number of rotatable bonds is 3. The average molecular weight is 307 g/mol. The maximum atomic E-state index is 12.3. The Morgan fingerprint density at radius 1 is 0.913 bits per heavy atom. The molecule has 23 heavy (non-hydrogen) atoms. The Labute approximate surface area is 136 Å². The highest BCUT2D eigenvalue weighted by Gasteiger charge is 2.19. The van der Waals surface area contributed by atoms with Gasteiger partial charge in [-0.1, -0.05) is 30.3 Å². The number of nitrogen functional groups attached to an aromatic ring is 1. The molecule has 1 aliphatic heterocycles. The van der Waals surface area contributed by atoms with Crippen LogP contribution in [0.5, 0.6) is 0 Å². The van der Waals surface area contributed by atoms with Gasteiger partial charge in [0.1, 0.15) is 0 Å². The van der Waals surface area contributed by atoms with E-state index in [1.54, 1.807) is 6.08 Å². The molecule has 0 atom stereocenters. The van der Waals surface area contributed by atoms with E-state index >= 15 is 0 Å². The van der Waals surface area contributed by atoms with Crippen molar-refractivity contribution < 1.29 is 4.79 Å². The van der Waals surface area contributed by atoms with E-state index in [1.807, 2.05) is 65.6 Å². The molecule has 3 rings (SSSR count). The fourth-order valence-corrected chi connectivity index (χ4v) is 2.71. The molecule has 0 unspecified atom stereocenters. The Hall–Kier alpha value is -2.75. The lowest BCUT2D eigenvalue weighted by molar-refractivity contribution is -0.126. The lowest BCUT2D eigenvalue weighted by Crippen LogP contribution is -2.48. The third kappa shape index (κ3) is 3.92. The van der Waals surface area contributed by atoms with Gasteiger partial charge in [0.2, 0.25) is 5.91 Å². The maximum Gasteiger partial charge on any atom is 0.246 e. The molecule has 0 spiro atoms. The zero-order valence-electron chi connectivity index (χ0n) is 13.1. The normalized spacial score (nSPS) is 15.1. The summed E-state index contributed by atoms with van der Waals surface area (Å²) in [6, 6.07) is 17.8. The third-order valence-electron chi connectivity index (χ3n) is 4.07. The predicted octanol–water partition coefficient (Wildman–Crippen LogP) is 2.63. The zero-order valence-corrected chi connectivity index (χ0v) is 13.1. The summed E-state index contributed by atoms with van der Waals surface area (Å²) in [6.45, 7) is 3.16. The van der Waals surface area contributed by atoms with Crippen molar-refractivity contribution in [2.45, 2.75) is 0 Å².